The summed E-state index contributed by atoms with van der Waals surface area (Å²) in [5, 5.41) is 9.30. The monoisotopic (exact) mass is 279 g/mol. The van der Waals surface area contributed by atoms with E-state index in [1.807, 2.05) is 6.92 Å². The fourth-order valence-corrected chi connectivity index (χ4v) is 2.68. The average molecular weight is 279 g/mol. The Bertz CT molecular complexity index is 518. The maximum Gasteiger partial charge on any atom is 0.326 e. The summed E-state index contributed by atoms with van der Waals surface area (Å²) in [5.74, 6) is -1.86. The highest BCUT2D eigenvalue weighted by Crippen LogP contribution is 2.27. The molecular weight excluding hydrogens is 261 g/mol. The summed E-state index contributed by atoms with van der Waals surface area (Å²) in [6.45, 7) is 2.38. The van der Waals surface area contributed by atoms with Gasteiger partial charge >= 0.3 is 5.97 Å². The Morgan fingerprint density at radius 3 is 2.70 bits per heavy atom. The molecule has 1 saturated heterocycles. The summed E-state index contributed by atoms with van der Waals surface area (Å²) >= 11 is 0. The van der Waals surface area contributed by atoms with Crippen molar-refractivity contribution in [2.45, 2.75) is 32.2 Å². The molecule has 20 heavy (non-hydrogen) atoms. The molecule has 5 heteroatoms. The number of benzene rings is 1. The normalized spacial score (nSPS) is 22.6. The van der Waals surface area contributed by atoms with E-state index in [0.717, 1.165) is 12.8 Å². The maximum atomic E-state index is 13.7. The number of nitrogens with zero attached hydrogens (tertiary/aromatic N) is 1. The first-order valence-corrected chi connectivity index (χ1v) is 6.82. The SMILES string of the molecule is CCC1CCN(C(=O)c2ccccc2F)C(C(=O)O)C1. The van der Waals surface area contributed by atoms with Crippen LogP contribution < -0.4 is 0 Å². The minimum absolute atomic E-state index is 0.0614. The molecule has 0 bridgehead atoms. The molecule has 0 radical (unpaired) electrons. The van der Waals surface area contributed by atoms with Gasteiger partial charge in [0.2, 0.25) is 0 Å². The van der Waals surface area contributed by atoms with Crippen LogP contribution in [0.25, 0.3) is 0 Å². The van der Waals surface area contributed by atoms with Crippen LogP contribution in [0, 0.1) is 11.7 Å². The van der Waals surface area contributed by atoms with Gasteiger partial charge in [-0.1, -0.05) is 25.5 Å². The first-order chi connectivity index (χ1) is 9.54. The smallest absolute Gasteiger partial charge is 0.326 e. The number of carboxylic acid groups (broad SMARTS) is 1. The molecule has 1 aromatic rings. The number of hydrogen-bond donors (Lipinski definition) is 1. The summed E-state index contributed by atoms with van der Waals surface area (Å²) in [6.07, 6.45) is 2.10. The molecule has 1 aliphatic rings. The maximum absolute atomic E-state index is 13.7. The number of halogens is 1. The number of likely N-dealkylation sites (tertiary alicyclic amines) is 1. The highest BCUT2D eigenvalue weighted by Gasteiger charge is 2.36. The van der Waals surface area contributed by atoms with Gasteiger partial charge in [0.25, 0.3) is 5.91 Å². The quantitative estimate of drug-likeness (QED) is 0.925. The van der Waals surface area contributed by atoms with Gasteiger partial charge in [-0.05, 0) is 30.9 Å². The summed E-state index contributed by atoms with van der Waals surface area (Å²) in [6, 6.07) is 4.82. The summed E-state index contributed by atoms with van der Waals surface area (Å²) in [5.41, 5.74) is -0.0614. The van der Waals surface area contributed by atoms with Crippen LogP contribution >= 0.6 is 0 Å². The van der Waals surface area contributed by atoms with Gasteiger partial charge in [-0.15, -0.1) is 0 Å². The van der Waals surface area contributed by atoms with Crippen LogP contribution in [0.2, 0.25) is 0 Å². The number of carboxylic acids is 1. The lowest BCUT2D eigenvalue weighted by molar-refractivity contribution is -0.144. The van der Waals surface area contributed by atoms with Crippen molar-refractivity contribution < 1.29 is 19.1 Å². The molecule has 1 aliphatic heterocycles. The number of rotatable bonds is 3. The van der Waals surface area contributed by atoms with E-state index in [1.54, 1.807) is 6.07 Å². The van der Waals surface area contributed by atoms with E-state index < -0.39 is 23.7 Å². The van der Waals surface area contributed by atoms with E-state index in [1.165, 1.54) is 23.1 Å². The Hall–Kier alpha value is -1.91. The average Bonchev–Trinajstić information content (AvgIpc) is 2.46. The largest absolute Gasteiger partial charge is 0.480 e. The van der Waals surface area contributed by atoms with Crippen LogP contribution in [0.1, 0.15) is 36.5 Å². The lowest BCUT2D eigenvalue weighted by atomic mass is 9.88. The van der Waals surface area contributed by atoms with Crippen LogP contribution in [-0.2, 0) is 4.79 Å². The van der Waals surface area contributed by atoms with Crippen molar-refractivity contribution in [2.75, 3.05) is 6.54 Å². The van der Waals surface area contributed by atoms with Crippen LogP contribution in [0.15, 0.2) is 24.3 Å². The Labute approximate surface area is 117 Å². The fourth-order valence-electron chi connectivity index (χ4n) is 2.68. The molecule has 0 aromatic heterocycles. The van der Waals surface area contributed by atoms with Gasteiger partial charge in [0.1, 0.15) is 11.9 Å². The molecule has 0 aliphatic carbocycles. The summed E-state index contributed by atoms with van der Waals surface area (Å²) in [4.78, 5) is 25.0. The van der Waals surface area contributed by atoms with E-state index in [2.05, 4.69) is 0 Å². The minimum atomic E-state index is -1.02. The molecule has 1 amide bonds. The Morgan fingerprint density at radius 2 is 2.10 bits per heavy atom. The second kappa shape index (κ2) is 6.03. The molecule has 2 atom stereocenters. The third-order valence-electron chi connectivity index (χ3n) is 3.94. The zero-order valence-electron chi connectivity index (χ0n) is 11.4. The number of piperidine rings is 1. The van der Waals surface area contributed by atoms with E-state index in [0.29, 0.717) is 18.9 Å². The summed E-state index contributed by atoms with van der Waals surface area (Å²) in [7, 11) is 0. The van der Waals surface area contributed by atoms with E-state index in [4.69, 9.17) is 0 Å². The first kappa shape index (κ1) is 14.5. The van der Waals surface area contributed by atoms with E-state index >= 15 is 0 Å². The highest BCUT2D eigenvalue weighted by atomic mass is 19.1. The molecule has 1 aromatic carbocycles. The molecule has 1 N–H and O–H groups in total. The zero-order valence-corrected chi connectivity index (χ0v) is 11.4. The molecule has 0 saturated carbocycles. The highest BCUT2D eigenvalue weighted by molar-refractivity contribution is 5.97. The molecule has 2 unspecified atom stereocenters. The first-order valence-electron chi connectivity index (χ1n) is 6.82. The predicted molar refractivity (Wildman–Crippen MR) is 71.9 cm³/mol. The Kier molecular flexibility index (Phi) is 4.37. The lowest BCUT2D eigenvalue weighted by Gasteiger charge is -2.37. The third kappa shape index (κ3) is 2.81. The van der Waals surface area contributed by atoms with Gasteiger partial charge in [-0.25, -0.2) is 9.18 Å². The van der Waals surface area contributed by atoms with Crippen molar-refractivity contribution in [2.24, 2.45) is 5.92 Å². The topological polar surface area (TPSA) is 57.6 Å². The molecule has 0 spiro atoms. The van der Waals surface area contributed by atoms with Crippen molar-refractivity contribution in [1.82, 2.24) is 4.90 Å². The zero-order chi connectivity index (χ0) is 14.7. The number of carbonyl (C=O) groups excluding carboxylic acids is 1. The van der Waals surface area contributed by atoms with Gasteiger partial charge < -0.3 is 10.0 Å². The van der Waals surface area contributed by atoms with Gasteiger partial charge in [0.15, 0.2) is 0 Å². The Balaban J connectivity index is 2.24. The Morgan fingerprint density at radius 1 is 1.40 bits per heavy atom. The van der Waals surface area contributed by atoms with Crippen molar-refractivity contribution >= 4 is 11.9 Å². The van der Waals surface area contributed by atoms with Crippen LogP contribution in [0.4, 0.5) is 4.39 Å². The van der Waals surface area contributed by atoms with Crippen molar-refractivity contribution in [1.29, 1.82) is 0 Å². The lowest BCUT2D eigenvalue weighted by Crippen LogP contribution is -2.50. The van der Waals surface area contributed by atoms with Gasteiger partial charge in [0.05, 0.1) is 5.56 Å². The predicted octanol–water partition coefficient (Wildman–Crippen LogP) is 2.54. The summed E-state index contributed by atoms with van der Waals surface area (Å²) < 4.78 is 13.7. The fraction of sp³-hybridized carbons (Fsp3) is 0.467. The van der Waals surface area contributed by atoms with Gasteiger partial charge in [-0.3, -0.25) is 4.79 Å². The van der Waals surface area contributed by atoms with Crippen LogP contribution in [0.3, 0.4) is 0 Å². The standard InChI is InChI=1S/C15H18FNO3/c1-2-10-7-8-17(13(9-10)15(19)20)14(18)11-5-3-4-6-12(11)16/h3-6,10,13H,2,7-9H2,1H3,(H,19,20). The number of amides is 1. The molecule has 1 fully saturated rings. The van der Waals surface area contributed by atoms with Crippen LogP contribution in [-0.4, -0.2) is 34.5 Å². The minimum Gasteiger partial charge on any atom is -0.480 e. The molecule has 108 valence electrons. The molecule has 2 rings (SSSR count). The van der Waals surface area contributed by atoms with Crippen LogP contribution in [0.5, 0.6) is 0 Å². The van der Waals surface area contributed by atoms with E-state index in [-0.39, 0.29) is 5.56 Å². The second-order valence-corrected chi connectivity index (χ2v) is 5.13. The van der Waals surface area contributed by atoms with Crippen molar-refractivity contribution in [3.8, 4) is 0 Å². The van der Waals surface area contributed by atoms with Gasteiger partial charge in [-0.2, -0.15) is 0 Å². The van der Waals surface area contributed by atoms with E-state index in [9.17, 15) is 19.1 Å². The van der Waals surface area contributed by atoms with Crippen molar-refractivity contribution in [3.05, 3.63) is 35.6 Å². The van der Waals surface area contributed by atoms with Crippen molar-refractivity contribution in [3.63, 3.8) is 0 Å². The second-order valence-electron chi connectivity index (χ2n) is 5.13. The molecular formula is C15H18FNO3. The van der Waals surface area contributed by atoms with Gasteiger partial charge in [0, 0.05) is 6.54 Å². The molecule has 1 heterocycles. The number of aliphatic carboxylic acids is 1. The number of carbonyl (C=O) groups is 2. The molecule has 4 nitrogen and oxygen atoms in total. The number of hydrogen-bond acceptors (Lipinski definition) is 2. The third-order valence-corrected chi connectivity index (χ3v) is 3.94.